The standard InChI is InChI=1S/C34H54O4/c1-21(2)24-12-17-34(20-37-22(3)35)19-18-32(8)25(29(24)34)10-11-27-31(7)15-14-28(38-23(4)36)30(5,6)26(31)13-16-33(27,32)9/h24-29H,1,10-20H2,2-9H3/t24-,25?,26?,27?,28+,29?,31+,32-,33-,34-/m1/s1. The van der Waals surface area contributed by atoms with Gasteiger partial charge in [0, 0.05) is 24.7 Å². The highest BCUT2D eigenvalue weighted by molar-refractivity contribution is 5.66. The third-order valence-corrected chi connectivity index (χ3v) is 14.0. The van der Waals surface area contributed by atoms with Crippen molar-refractivity contribution in [3.05, 3.63) is 12.2 Å². The summed E-state index contributed by atoms with van der Waals surface area (Å²) >= 11 is 0. The zero-order valence-corrected chi connectivity index (χ0v) is 25.6. The lowest BCUT2D eigenvalue weighted by molar-refractivity contribution is -0.252. The van der Waals surface area contributed by atoms with E-state index in [4.69, 9.17) is 9.47 Å². The minimum Gasteiger partial charge on any atom is -0.465 e. The molecule has 5 aliphatic rings. The molecule has 0 aliphatic heterocycles. The van der Waals surface area contributed by atoms with Gasteiger partial charge < -0.3 is 9.47 Å². The van der Waals surface area contributed by atoms with Crippen LogP contribution in [0.1, 0.15) is 120 Å². The lowest BCUT2D eigenvalue weighted by Crippen LogP contribution is -2.67. The molecular formula is C34H54O4. The smallest absolute Gasteiger partial charge is 0.302 e. The van der Waals surface area contributed by atoms with E-state index >= 15 is 0 Å². The molecule has 0 spiro atoms. The Kier molecular flexibility index (Phi) is 6.76. The molecule has 5 fully saturated rings. The first kappa shape index (κ1) is 28.2. The van der Waals surface area contributed by atoms with Crippen molar-refractivity contribution in [1.29, 1.82) is 0 Å². The fourth-order valence-corrected chi connectivity index (χ4v) is 12.2. The predicted molar refractivity (Wildman–Crippen MR) is 151 cm³/mol. The Balaban J connectivity index is 1.49. The molecule has 0 saturated heterocycles. The SMILES string of the molecule is C=C(C)[C@H]1CC[C@]2(COC(C)=O)CC[C@]3(C)C(CCC4[C@@]5(C)CC[C@H](OC(C)=O)C(C)(C)C5CC[C@]43C)C12. The van der Waals surface area contributed by atoms with Gasteiger partial charge in [-0.1, -0.05) is 46.8 Å². The lowest BCUT2D eigenvalue weighted by atomic mass is 9.32. The largest absolute Gasteiger partial charge is 0.465 e. The first-order valence-electron chi connectivity index (χ1n) is 15.6. The van der Waals surface area contributed by atoms with Gasteiger partial charge in [0.2, 0.25) is 0 Å². The van der Waals surface area contributed by atoms with Gasteiger partial charge in [0.1, 0.15) is 6.10 Å². The molecule has 0 aromatic rings. The van der Waals surface area contributed by atoms with Crippen molar-refractivity contribution < 1.29 is 19.1 Å². The molecule has 0 amide bonds. The van der Waals surface area contributed by atoms with E-state index in [0.29, 0.717) is 41.6 Å². The van der Waals surface area contributed by atoms with Gasteiger partial charge in [0.05, 0.1) is 6.61 Å². The fraction of sp³-hybridized carbons (Fsp3) is 0.882. The molecule has 0 aromatic carbocycles. The molecule has 0 aromatic heterocycles. The van der Waals surface area contributed by atoms with E-state index in [0.717, 1.165) is 12.8 Å². The maximum absolute atomic E-state index is 11.9. The molecule has 0 radical (unpaired) electrons. The molecule has 38 heavy (non-hydrogen) atoms. The highest BCUT2D eigenvalue weighted by Gasteiger charge is 2.71. The number of allylic oxidation sites excluding steroid dienone is 1. The van der Waals surface area contributed by atoms with Crippen LogP contribution in [0.25, 0.3) is 0 Å². The molecule has 0 heterocycles. The normalized spacial score (nSPS) is 49.1. The van der Waals surface area contributed by atoms with Crippen LogP contribution in [0.2, 0.25) is 0 Å². The second kappa shape index (κ2) is 9.10. The Morgan fingerprint density at radius 1 is 0.763 bits per heavy atom. The van der Waals surface area contributed by atoms with E-state index < -0.39 is 0 Å². The predicted octanol–water partition coefficient (Wildman–Crippen LogP) is 8.14. The summed E-state index contributed by atoms with van der Waals surface area (Å²) in [5.41, 5.74) is 2.30. The van der Waals surface area contributed by atoms with Crippen molar-refractivity contribution in [3.63, 3.8) is 0 Å². The van der Waals surface area contributed by atoms with Gasteiger partial charge in [-0.25, -0.2) is 0 Å². The van der Waals surface area contributed by atoms with Gasteiger partial charge >= 0.3 is 11.9 Å². The van der Waals surface area contributed by atoms with Crippen LogP contribution in [-0.2, 0) is 19.1 Å². The summed E-state index contributed by atoms with van der Waals surface area (Å²) in [4.78, 5) is 23.8. The van der Waals surface area contributed by atoms with Gasteiger partial charge in [-0.3, -0.25) is 9.59 Å². The summed E-state index contributed by atoms with van der Waals surface area (Å²) < 4.78 is 11.7. The van der Waals surface area contributed by atoms with Crippen LogP contribution < -0.4 is 0 Å². The van der Waals surface area contributed by atoms with Gasteiger partial charge in [-0.2, -0.15) is 0 Å². The monoisotopic (exact) mass is 526 g/mol. The average molecular weight is 527 g/mol. The Labute approximate surface area is 232 Å². The Morgan fingerprint density at radius 3 is 2.11 bits per heavy atom. The average Bonchev–Trinajstić information content (AvgIpc) is 3.20. The van der Waals surface area contributed by atoms with Crippen molar-refractivity contribution in [3.8, 4) is 0 Å². The van der Waals surface area contributed by atoms with Crippen molar-refractivity contribution in [2.24, 2.45) is 56.7 Å². The molecule has 214 valence electrons. The summed E-state index contributed by atoms with van der Waals surface area (Å²) in [6, 6.07) is 0. The Bertz CT molecular complexity index is 998. The molecule has 5 rings (SSSR count). The molecular weight excluding hydrogens is 472 g/mol. The van der Waals surface area contributed by atoms with E-state index in [-0.39, 0.29) is 39.7 Å². The quantitative estimate of drug-likeness (QED) is 0.274. The molecule has 5 saturated carbocycles. The molecule has 4 unspecified atom stereocenters. The van der Waals surface area contributed by atoms with Gasteiger partial charge in [-0.15, -0.1) is 0 Å². The number of rotatable bonds is 4. The van der Waals surface area contributed by atoms with Gasteiger partial charge in [0.15, 0.2) is 0 Å². The Morgan fingerprint density at radius 2 is 1.47 bits per heavy atom. The van der Waals surface area contributed by atoms with E-state index in [1.54, 1.807) is 13.8 Å². The van der Waals surface area contributed by atoms with Crippen molar-refractivity contribution in [2.75, 3.05) is 6.61 Å². The fourth-order valence-electron chi connectivity index (χ4n) is 12.2. The zero-order chi connectivity index (χ0) is 27.9. The minimum atomic E-state index is -0.140. The first-order valence-corrected chi connectivity index (χ1v) is 15.6. The topological polar surface area (TPSA) is 52.6 Å². The molecule has 5 aliphatic carbocycles. The summed E-state index contributed by atoms with van der Waals surface area (Å²) in [7, 11) is 0. The summed E-state index contributed by atoms with van der Waals surface area (Å²) in [5.74, 6) is 2.76. The van der Waals surface area contributed by atoms with Crippen molar-refractivity contribution in [2.45, 2.75) is 126 Å². The lowest BCUT2D eigenvalue weighted by Gasteiger charge is -2.73. The van der Waals surface area contributed by atoms with Crippen LogP contribution in [0.5, 0.6) is 0 Å². The number of fused-ring (bicyclic) bond motifs is 7. The van der Waals surface area contributed by atoms with E-state index in [1.807, 2.05) is 0 Å². The van der Waals surface area contributed by atoms with Crippen LogP contribution in [0, 0.1) is 56.7 Å². The number of carbonyl (C=O) groups is 2. The van der Waals surface area contributed by atoms with Crippen LogP contribution in [0.3, 0.4) is 0 Å². The highest BCUT2D eigenvalue weighted by Crippen LogP contribution is 2.77. The van der Waals surface area contributed by atoms with Gasteiger partial charge in [0.25, 0.3) is 0 Å². The summed E-state index contributed by atoms with van der Waals surface area (Å²) in [5, 5.41) is 0. The minimum absolute atomic E-state index is 0.00000109. The zero-order valence-electron chi connectivity index (χ0n) is 25.6. The highest BCUT2D eigenvalue weighted by atomic mass is 16.5. The number of carbonyl (C=O) groups excluding carboxylic acids is 2. The first-order chi connectivity index (χ1) is 17.6. The Hall–Kier alpha value is -1.32. The van der Waals surface area contributed by atoms with Crippen LogP contribution >= 0.6 is 0 Å². The molecule has 0 bridgehead atoms. The molecule has 0 N–H and O–H groups in total. The molecule has 4 nitrogen and oxygen atoms in total. The second-order valence-electron chi connectivity index (χ2n) is 15.8. The molecule has 10 atom stereocenters. The second-order valence-corrected chi connectivity index (χ2v) is 15.8. The van der Waals surface area contributed by atoms with E-state index in [9.17, 15) is 9.59 Å². The third-order valence-electron chi connectivity index (χ3n) is 14.0. The van der Waals surface area contributed by atoms with Crippen LogP contribution in [0.15, 0.2) is 12.2 Å². The maximum atomic E-state index is 11.9. The number of ether oxygens (including phenoxy) is 2. The van der Waals surface area contributed by atoms with E-state index in [2.05, 4.69) is 48.1 Å². The number of hydrogen-bond acceptors (Lipinski definition) is 4. The number of esters is 2. The van der Waals surface area contributed by atoms with Crippen LogP contribution in [-0.4, -0.2) is 24.6 Å². The molecule has 4 heteroatoms. The van der Waals surface area contributed by atoms with Gasteiger partial charge in [-0.05, 0) is 117 Å². The van der Waals surface area contributed by atoms with Crippen molar-refractivity contribution in [1.82, 2.24) is 0 Å². The van der Waals surface area contributed by atoms with Crippen molar-refractivity contribution >= 4 is 11.9 Å². The third kappa shape index (κ3) is 3.80. The maximum Gasteiger partial charge on any atom is 0.302 e. The van der Waals surface area contributed by atoms with E-state index in [1.165, 1.54) is 56.9 Å². The summed E-state index contributed by atoms with van der Waals surface area (Å²) in [6.45, 7) is 23.1. The van der Waals surface area contributed by atoms with Crippen LogP contribution in [0.4, 0.5) is 0 Å². The number of hydrogen-bond donors (Lipinski definition) is 0. The summed E-state index contributed by atoms with van der Waals surface area (Å²) in [6.07, 6.45) is 12.0.